The van der Waals surface area contributed by atoms with Gasteiger partial charge in [0.2, 0.25) is 0 Å². The molecule has 33 heavy (non-hydrogen) atoms. The van der Waals surface area contributed by atoms with Crippen molar-refractivity contribution in [2.24, 2.45) is 0 Å². The molecule has 0 N–H and O–H groups in total. The maximum atomic E-state index is 5.79. The van der Waals surface area contributed by atoms with E-state index in [2.05, 4.69) is 76.4 Å². The third-order valence-corrected chi connectivity index (χ3v) is 6.71. The average Bonchev–Trinajstić information content (AvgIpc) is 3.35. The van der Waals surface area contributed by atoms with Crippen molar-refractivity contribution in [1.29, 1.82) is 0 Å². The SMILES string of the molecule is CCC(C)(C)n1nnnc1[C@@H](c1cc(OC)ccc1OC)N1CCN(c2ccccc2)CC1. The molecule has 1 atom stereocenters. The zero-order chi connectivity index (χ0) is 23.4. The van der Waals surface area contributed by atoms with Gasteiger partial charge in [0.25, 0.3) is 0 Å². The van der Waals surface area contributed by atoms with Gasteiger partial charge in [-0.2, -0.15) is 0 Å². The number of benzene rings is 2. The quantitative estimate of drug-likeness (QED) is 0.518. The predicted octanol–water partition coefficient (Wildman–Crippen LogP) is 3.75. The molecule has 0 unspecified atom stereocenters. The number of piperazine rings is 1. The maximum Gasteiger partial charge on any atom is 0.173 e. The fourth-order valence-corrected chi connectivity index (χ4v) is 4.37. The van der Waals surface area contributed by atoms with E-state index in [-0.39, 0.29) is 11.6 Å². The smallest absolute Gasteiger partial charge is 0.173 e. The maximum absolute atomic E-state index is 5.79. The van der Waals surface area contributed by atoms with Crippen LogP contribution in [0.1, 0.15) is 44.6 Å². The fourth-order valence-electron chi connectivity index (χ4n) is 4.37. The van der Waals surface area contributed by atoms with Crippen molar-refractivity contribution in [3.05, 3.63) is 59.9 Å². The van der Waals surface area contributed by atoms with Gasteiger partial charge in [-0.15, -0.1) is 5.10 Å². The number of tetrazole rings is 1. The van der Waals surface area contributed by atoms with E-state index in [0.717, 1.165) is 55.5 Å². The standard InChI is InChI=1S/C25H34N6O2/c1-6-25(2,3)31-24(26-27-28-31)23(21-18-20(32-4)12-13-22(21)33-5)30-16-14-29(15-17-30)19-10-8-7-9-11-19/h7-13,18,23H,6,14-17H2,1-5H3/t23-/m1/s1. The van der Waals surface area contributed by atoms with Crippen LogP contribution in [0, 0.1) is 0 Å². The van der Waals surface area contributed by atoms with Crippen LogP contribution in [0.15, 0.2) is 48.5 Å². The van der Waals surface area contributed by atoms with Gasteiger partial charge >= 0.3 is 0 Å². The summed E-state index contributed by atoms with van der Waals surface area (Å²) in [6, 6.07) is 16.3. The molecule has 0 radical (unpaired) electrons. The van der Waals surface area contributed by atoms with Gasteiger partial charge in [-0.1, -0.05) is 25.1 Å². The van der Waals surface area contributed by atoms with Crippen LogP contribution in [0.4, 0.5) is 5.69 Å². The highest BCUT2D eigenvalue weighted by atomic mass is 16.5. The van der Waals surface area contributed by atoms with Crippen molar-refractivity contribution in [3.8, 4) is 11.5 Å². The summed E-state index contributed by atoms with van der Waals surface area (Å²) in [5, 5.41) is 13.0. The van der Waals surface area contributed by atoms with Gasteiger partial charge in [0.1, 0.15) is 17.5 Å². The molecule has 8 nitrogen and oxygen atoms in total. The second kappa shape index (κ2) is 9.79. The van der Waals surface area contributed by atoms with Crippen LogP contribution in [0.2, 0.25) is 0 Å². The molecule has 1 aliphatic heterocycles. The molecule has 2 aromatic carbocycles. The largest absolute Gasteiger partial charge is 0.497 e. The van der Waals surface area contributed by atoms with E-state index in [1.165, 1.54) is 5.69 Å². The van der Waals surface area contributed by atoms with Crippen molar-refractivity contribution in [2.45, 2.75) is 38.8 Å². The summed E-state index contributed by atoms with van der Waals surface area (Å²) in [7, 11) is 3.39. The minimum absolute atomic E-state index is 0.159. The van der Waals surface area contributed by atoms with Gasteiger partial charge in [-0.3, -0.25) is 4.90 Å². The number of ether oxygens (including phenoxy) is 2. The van der Waals surface area contributed by atoms with Gasteiger partial charge in [0.15, 0.2) is 5.82 Å². The number of hydrogen-bond acceptors (Lipinski definition) is 7. The summed E-state index contributed by atoms with van der Waals surface area (Å²) in [5.74, 6) is 2.41. The van der Waals surface area contributed by atoms with E-state index in [1.54, 1.807) is 14.2 Å². The van der Waals surface area contributed by atoms with Gasteiger partial charge in [0.05, 0.1) is 19.8 Å². The van der Waals surface area contributed by atoms with E-state index < -0.39 is 0 Å². The van der Waals surface area contributed by atoms with Gasteiger partial charge < -0.3 is 14.4 Å². The van der Waals surface area contributed by atoms with Crippen LogP contribution in [0.5, 0.6) is 11.5 Å². The molecule has 0 aliphatic carbocycles. The third-order valence-electron chi connectivity index (χ3n) is 6.71. The highest BCUT2D eigenvalue weighted by Crippen LogP contribution is 2.38. The number of aromatic nitrogens is 4. The molecule has 1 aliphatic rings. The Morgan fingerprint density at radius 2 is 1.70 bits per heavy atom. The second-order valence-corrected chi connectivity index (χ2v) is 8.98. The van der Waals surface area contributed by atoms with Crippen molar-refractivity contribution in [2.75, 3.05) is 45.3 Å². The zero-order valence-electron chi connectivity index (χ0n) is 20.2. The van der Waals surface area contributed by atoms with Gasteiger partial charge in [0, 0.05) is 37.4 Å². The van der Waals surface area contributed by atoms with E-state index in [1.807, 2.05) is 22.9 Å². The highest BCUT2D eigenvalue weighted by molar-refractivity contribution is 5.47. The van der Waals surface area contributed by atoms with Crippen LogP contribution in [0.3, 0.4) is 0 Å². The summed E-state index contributed by atoms with van der Waals surface area (Å²) in [4.78, 5) is 4.87. The minimum Gasteiger partial charge on any atom is -0.497 e. The molecular weight excluding hydrogens is 416 g/mol. The summed E-state index contributed by atoms with van der Waals surface area (Å²) < 4.78 is 13.3. The zero-order valence-corrected chi connectivity index (χ0v) is 20.2. The monoisotopic (exact) mass is 450 g/mol. The third kappa shape index (κ3) is 4.66. The minimum atomic E-state index is -0.213. The molecule has 4 rings (SSSR count). The average molecular weight is 451 g/mol. The van der Waals surface area contributed by atoms with Gasteiger partial charge in [-0.25, -0.2) is 4.68 Å². The first-order chi connectivity index (χ1) is 16.0. The Bertz CT molecular complexity index is 1040. The topological polar surface area (TPSA) is 68.5 Å². The molecule has 0 amide bonds. The molecule has 3 aromatic rings. The highest BCUT2D eigenvalue weighted by Gasteiger charge is 2.36. The molecule has 1 aromatic heterocycles. The van der Waals surface area contributed by atoms with E-state index >= 15 is 0 Å². The van der Waals surface area contributed by atoms with Crippen molar-refractivity contribution in [1.82, 2.24) is 25.1 Å². The second-order valence-electron chi connectivity index (χ2n) is 8.98. The number of rotatable bonds is 8. The van der Waals surface area contributed by atoms with Crippen molar-refractivity contribution in [3.63, 3.8) is 0 Å². The summed E-state index contributed by atoms with van der Waals surface area (Å²) in [5.41, 5.74) is 2.05. The van der Waals surface area contributed by atoms with E-state index in [0.29, 0.717) is 0 Å². The first-order valence-corrected chi connectivity index (χ1v) is 11.5. The molecule has 0 bridgehead atoms. The summed E-state index contributed by atoms with van der Waals surface area (Å²) >= 11 is 0. The molecular formula is C25H34N6O2. The molecule has 0 saturated carbocycles. The first kappa shape index (κ1) is 23.0. The number of hydrogen-bond donors (Lipinski definition) is 0. The number of nitrogens with zero attached hydrogens (tertiary/aromatic N) is 6. The molecule has 8 heteroatoms. The van der Waals surface area contributed by atoms with Gasteiger partial charge in [-0.05, 0) is 61.0 Å². The lowest BCUT2D eigenvalue weighted by Gasteiger charge is -2.40. The Morgan fingerprint density at radius 1 is 0.970 bits per heavy atom. The molecule has 1 saturated heterocycles. The lowest BCUT2D eigenvalue weighted by molar-refractivity contribution is 0.184. The van der Waals surface area contributed by atoms with Crippen LogP contribution < -0.4 is 14.4 Å². The van der Waals surface area contributed by atoms with Crippen molar-refractivity contribution < 1.29 is 9.47 Å². The Kier molecular flexibility index (Phi) is 6.83. The number of anilines is 1. The fraction of sp³-hybridized carbons (Fsp3) is 0.480. The Balaban J connectivity index is 1.74. The Morgan fingerprint density at radius 3 is 2.33 bits per heavy atom. The van der Waals surface area contributed by atoms with Crippen LogP contribution in [0.25, 0.3) is 0 Å². The first-order valence-electron chi connectivity index (χ1n) is 11.5. The lowest BCUT2D eigenvalue weighted by atomic mass is 9.98. The molecule has 0 spiro atoms. The number of para-hydroxylation sites is 1. The molecule has 1 fully saturated rings. The van der Waals surface area contributed by atoms with Crippen LogP contribution in [-0.4, -0.2) is 65.5 Å². The molecule has 2 heterocycles. The van der Waals surface area contributed by atoms with Crippen LogP contribution >= 0.6 is 0 Å². The molecule has 176 valence electrons. The lowest BCUT2D eigenvalue weighted by Crippen LogP contribution is -2.49. The predicted molar refractivity (Wildman–Crippen MR) is 129 cm³/mol. The van der Waals surface area contributed by atoms with E-state index in [9.17, 15) is 0 Å². The summed E-state index contributed by atoms with van der Waals surface area (Å²) in [6.07, 6.45) is 0.911. The summed E-state index contributed by atoms with van der Waals surface area (Å²) in [6.45, 7) is 10.1. The number of methoxy groups -OCH3 is 2. The normalized spacial score (nSPS) is 16.0. The Hall–Kier alpha value is -3.13. The van der Waals surface area contributed by atoms with Crippen LogP contribution in [-0.2, 0) is 5.54 Å². The van der Waals surface area contributed by atoms with E-state index in [4.69, 9.17) is 9.47 Å². The Labute approximate surface area is 196 Å². The van der Waals surface area contributed by atoms with Crippen molar-refractivity contribution >= 4 is 5.69 Å².